The Balaban J connectivity index is 1.50. The van der Waals surface area contributed by atoms with Gasteiger partial charge in [-0.2, -0.15) is 5.10 Å². The van der Waals surface area contributed by atoms with Gasteiger partial charge in [0.1, 0.15) is 0 Å². The van der Waals surface area contributed by atoms with Gasteiger partial charge in [-0.3, -0.25) is 19.7 Å². The number of para-hydroxylation sites is 1. The number of benzene rings is 2. The van der Waals surface area contributed by atoms with Crippen LogP contribution in [-0.2, 0) is 17.9 Å². The summed E-state index contributed by atoms with van der Waals surface area (Å²) in [4.78, 5) is 26.3. The number of anilines is 1. The summed E-state index contributed by atoms with van der Waals surface area (Å²) in [6.45, 7) is 3.00. The number of rotatable bonds is 7. The summed E-state index contributed by atoms with van der Waals surface area (Å²) in [6.07, 6.45) is 3.77. The topological polar surface area (TPSA) is 79.3 Å². The van der Waals surface area contributed by atoms with Gasteiger partial charge in [-0.05, 0) is 31.7 Å². The highest BCUT2D eigenvalue weighted by Crippen LogP contribution is 2.09. The Labute approximate surface area is 170 Å². The molecule has 3 aromatic rings. The zero-order valence-corrected chi connectivity index (χ0v) is 16.6. The van der Waals surface area contributed by atoms with Gasteiger partial charge in [-0.25, -0.2) is 4.79 Å². The minimum atomic E-state index is -0.544. The SMILES string of the molecule is C[C@H](C(=O)NC(=O)Nc1ccccc1)N(C)Cc1cnn(Cc2ccccc2)c1. The molecule has 1 heterocycles. The Morgan fingerprint density at radius 1 is 1.03 bits per heavy atom. The smallest absolute Gasteiger partial charge is 0.308 e. The Morgan fingerprint density at radius 2 is 1.69 bits per heavy atom. The monoisotopic (exact) mass is 391 g/mol. The van der Waals surface area contributed by atoms with Crippen LogP contribution in [0.15, 0.2) is 73.1 Å². The lowest BCUT2D eigenvalue weighted by Crippen LogP contribution is -2.46. The van der Waals surface area contributed by atoms with Crippen molar-refractivity contribution in [1.29, 1.82) is 0 Å². The van der Waals surface area contributed by atoms with E-state index >= 15 is 0 Å². The van der Waals surface area contributed by atoms with E-state index in [0.29, 0.717) is 18.8 Å². The molecule has 29 heavy (non-hydrogen) atoms. The maximum absolute atomic E-state index is 12.4. The van der Waals surface area contributed by atoms with Crippen LogP contribution >= 0.6 is 0 Å². The summed E-state index contributed by atoms with van der Waals surface area (Å²) >= 11 is 0. The first-order chi connectivity index (χ1) is 14.0. The van der Waals surface area contributed by atoms with Crippen LogP contribution in [0.1, 0.15) is 18.1 Å². The summed E-state index contributed by atoms with van der Waals surface area (Å²) in [7, 11) is 1.84. The standard InChI is InChI=1S/C22H25N5O2/c1-17(21(28)25-22(29)24-20-11-7-4-8-12-20)26(2)14-19-13-23-27(16-19)15-18-9-5-3-6-10-18/h3-13,16-17H,14-15H2,1-2H3,(H2,24,25,28,29)/t17-/m1/s1. The predicted molar refractivity (Wildman–Crippen MR) is 112 cm³/mol. The number of likely N-dealkylation sites (N-methyl/N-ethyl adjacent to an activating group) is 1. The van der Waals surface area contributed by atoms with Crippen molar-refractivity contribution in [2.45, 2.75) is 26.1 Å². The van der Waals surface area contributed by atoms with Crippen molar-refractivity contribution in [3.05, 3.63) is 84.2 Å². The molecular weight excluding hydrogens is 366 g/mol. The number of hydrogen-bond donors (Lipinski definition) is 2. The van der Waals surface area contributed by atoms with E-state index in [0.717, 1.165) is 5.56 Å². The molecule has 150 valence electrons. The number of aromatic nitrogens is 2. The molecule has 2 aromatic carbocycles. The Hall–Kier alpha value is -3.45. The predicted octanol–water partition coefficient (Wildman–Crippen LogP) is 3.10. The van der Waals surface area contributed by atoms with Crippen molar-refractivity contribution in [1.82, 2.24) is 20.0 Å². The summed E-state index contributed by atoms with van der Waals surface area (Å²) in [5.41, 5.74) is 2.80. The van der Waals surface area contributed by atoms with Crippen molar-refractivity contribution >= 4 is 17.6 Å². The average Bonchev–Trinajstić information content (AvgIpc) is 3.15. The van der Waals surface area contributed by atoms with E-state index in [1.807, 2.05) is 59.2 Å². The molecule has 0 bridgehead atoms. The molecule has 1 atom stereocenters. The molecule has 0 saturated carbocycles. The second-order valence-electron chi connectivity index (χ2n) is 6.93. The van der Waals surface area contributed by atoms with Crippen LogP contribution in [0.25, 0.3) is 0 Å². The summed E-state index contributed by atoms with van der Waals surface area (Å²) in [5.74, 6) is -0.363. The number of hydrogen-bond acceptors (Lipinski definition) is 4. The molecule has 0 aliphatic rings. The molecular formula is C22H25N5O2. The van der Waals surface area contributed by atoms with E-state index in [9.17, 15) is 9.59 Å². The number of nitrogens with one attached hydrogen (secondary N) is 2. The van der Waals surface area contributed by atoms with E-state index in [1.165, 1.54) is 5.56 Å². The normalized spacial score (nSPS) is 11.8. The van der Waals surface area contributed by atoms with Gasteiger partial charge in [0, 0.05) is 24.0 Å². The van der Waals surface area contributed by atoms with Crippen LogP contribution < -0.4 is 10.6 Å². The highest BCUT2D eigenvalue weighted by molar-refractivity contribution is 6.02. The van der Waals surface area contributed by atoms with Crippen LogP contribution in [0.3, 0.4) is 0 Å². The fourth-order valence-corrected chi connectivity index (χ4v) is 2.87. The zero-order chi connectivity index (χ0) is 20.6. The number of carbonyl (C=O) groups excluding carboxylic acids is 2. The first kappa shape index (κ1) is 20.3. The van der Waals surface area contributed by atoms with Crippen molar-refractivity contribution in [3.63, 3.8) is 0 Å². The van der Waals surface area contributed by atoms with E-state index in [2.05, 4.69) is 27.9 Å². The number of imide groups is 1. The van der Waals surface area contributed by atoms with Crippen LogP contribution in [0.5, 0.6) is 0 Å². The van der Waals surface area contributed by atoms with E-state index in [1.54, 1.807) is 25.3 Å². The van der Waals surface area contributed by atoms with Gasteiger partial charge in [0.2, 0.25) is 5.91 Å². The Bertz CT molecular complexity index is 940. The molecule has 3 amide bonds. The molecule has 3 rings (SSSR count). The van der Waals surface area contributed by atoms with Gasteiger partial charge < -0.3 is 5.32 Å². The minimum absolute atomic E-state index is 0.363. The van der Waals surface area contributed by atoms with Crippen LogP contribution in [-0.4, -0.2) is 39.7 Å². The zero-order valence-electron chi connectivity index (χ0n) is 16.6. The Kier molecular flexibility index (Phi) is 6.76. The molecule has 0 aliphatic heterocycles. The van der Waals surface area contributed by atoms with Crippen LogP contribution in [0, 0.1) is 0 Å². The molecule has 1 aromatic heterocycles. The first-order valence-electron chi connectivity index (χ1n) is 9.43. The van der Waals surface area contributed by atoms with Gasteiger partial charge in [0.05, 0.1) is 18.8 Å². The maximum Gasteiger partial charge on any atom is 0.325 e. The first-order valence-corrected chi connectivity index (χ1v) is 9.43. The van der Waals surface area contributed by atoms with Gasteiger partial charge in [-0.1, -0.05) is 48.5 Å². The molecule has 0 unspecified atom stereocenters. The fraction of sp³-hybridized carbons (Fsp3) is 0.227. The lowest BCUT2D eigenvalue weighted by atomic mass is 10.2. The fourth-order valence-electron chi connectivity index (χ4n) is 2.87. The number of amides is 3. The van der Waals surface area contributed by atoms with E-state index < -0.39 is 12.1 Å². The van der Waals surface area contributed by atoms with E-state index in [-0.39, 0.29) is 5.91 Å². The second kappa shape index (κ2) is 9.66. The molecule has 0 fully saturated rings. The quantitative estimate of drug-likeness (QED) is 0.649. The third-order valence-electron chi connectivity index (χ3n) is 4.62. The third-order valence-corrected chi connectivity index (χ3v) is 4.62. The third kappa shape index (κ3) is 6.02. The Morgan fingerprint density at radius 3 is 2.38 bits per heavy atom. The van der Waals surface area contributed by atoms with Crippen molar-refractivity contribution < 1.29 is 9.59 Å². The van der Waals surface area contributed by atoms with Gasteiger partial charge >= 0.3 is 6.03 Å². The largest absolute Gasteiger partial charge is 0.325 e. The van der Waals surface area contributed by atoms with Gasteiger partial charge in [0.25, 0.3) is 0 Å². The van der Waals surface area contributed by atoms with Gasteiger partial charge in [-0.15, -0.1) is 0 Å². The molecule has 7 nitrogen and oxygen atoms in total. The van der Waals surface area contributed by atoms with Crippen LogP contribution in [0.2, 0.25) is 0 Å². The van der Waals surface area contributed by atoms with Crippen molar-refractivity contribution in [3.8, 4) is 0 Å². The minimum Gasteiger partial charge on any atom is -0.308 e. The van der Waals surface area contributed by atoms with Crippen molar-refractivity contribution in [2.75, 3.05) is 12.4 Å². The number of urea groups is 1. The van der Waals surface area contributed by atoms with Crippen LogP contribution in [0.4, 0.5) is 10.5 Å². The summed E-state index contributed by atoms with van der Waals surface area (Å²) in [5, 5.41) is 9.41. The molecule has 0 saturated heterocycles. The number of nitrogens with zero attached hydrogens (tertiary/aromatic N) is 3. The highest BCUT2D eigenvalue weighted by Gasteiger charge is 2.20. The number of carbonyl (C=O) groups is 2. The second-order valence-corrected chi connectivity index (χ2v) is 6.93. The molecule has 0 radical (unpaired) electrons. The average molecular weight is 391 g/mol. The van der Waals surface area contributed by atoms with Crippen molar-refractivity contribution in [2.24, 2.45) is 0 Å². The lowest BCUT2D eigenvalue weighted by molar-refractivity contribution is -0.124. The molecule has 0 spiro atoms. The van der Waals surface area contributed by atoms with Gasteiger partial charge in [0.15, 0.2) is 0 Å². The molecule has 7 heteroatoms. The molecule has 0 aliphatic carbocycles. The highest BCUT2D eigenvalue weighted by atomic mass is 16.2. The van der Waals surface area contributed by atoms with E-state index in [4.69, 9.17) is 0 Å². The summed E-state index contributed by atoms with van der Waals surface area (Å²) in [6, 6.07) is 18.1. The molecule has 2 N–H and O–H groups in total. The lowest BCUT2D eigenvalue weighted by Gasteiger charge is -2.22. The summed E-state index contributed by atoms with van der Waals surface area (Å²) < 4.78 is 1.87. The maximum atomic E-state index is 12.4.